The Morgan fingerprint density at radius 1 is 1.25 bits per heavy atom. The van der Waals surface area contributed by atoms with E-state index in [2.05, 4.69) is 34.9 Å². The fraction of sp³-hybridized carbons (Fsp3) is 0.467. The maximum Gasteiger partial charge on any atom is 0.242 e. The molecule has 2 N–H and O–H groups in total. The summed E-state index contributed by atoms with van der Waals surface area (Å²) >= 11 is 1.54. The number of nitrogens with one attached hydrogen (secondary N) is 2. The van der Waals surface area contributed by atoms with E-state index in [-0.39, 0.29) is 11.8 Å². The second-order valence-electron chi connectivity index (χ2n) is 4.66. The summed E-state index contributed by atoms with van der Waals surface area (Å²) in [4.78, 5) is 23.2. The maximum absolute atomic E-state index is 11.7. The minimum Gasteiger partial charge on any atom is -0.355 e. The lowest BCUT2D eigenvalue weighted by Gasteiger charge is -2.13. The number of hydrogen-bond acceptors (Lipinski definition) is 3. The van der Waals surface area contributed by atoms with Gasteiger partial charge in [-0.05, 0) is 26.3 Å². The molecule has 110 valence electrons. The van der Waals surface area contributed by atoms with Gasteiger partial charge in [0.15, 0.2) is 0 Å². The topological polar surface area (TPSA) is 58.2 Å². The normalized spacial score (nSPS) is 11.8. The number of carbonyl (C=O) groups is 2. The van der Waals surface area contributed by atoms with Gasteiger partial charge < -0.3 is 10.6 Å². The van der Waals surface area contributed by atoms with Crippen molar-refractivity contribution >= 4 is 23.6 Å². The molecule has 4 nitrogen and oxygen atoms in total. The molecule has 20 heavy (non-hydrogen) atoms. The lowest BCUT2D eigenvalue weighted by Crippen LogP contribution is -2.45. The van der Waals surface area contributed by atoms with Crippen LogP contribution in [0.15, 0.2) is 24.3 Å². The fourth-order valence-corrected chi connectivity index (χ4v) is 2.42. The summed E-state index contributed by atoms with van der Waals surface area (Å²) in [5.41, 5.74) is 2.43. The van der Waals surface area contributed by atoms with Gasteiger partial charge in [-0.25, -0.2) is 0 Å². The second-order valence-corrected chi connectivity index (χ2v) is 5.65. The van der Waals surface area contributed by atoms with Crippen molar-refractivity contribution in [1.82, 2.24) is 10.6 Å². The van der Waals surface area contributed by atoms with Gasteiger partial charge in [-0.15, -0.1) is 11.8 Å². The Morgan fingerprint density at radius 2 is 1.90 bits per heavy atom. The second kappa shape index (κ2) is 8.64. The molecule has 0 aliphatic rings. The third-order valence-corrected chi connectivity index (χ3v) is 3.75. The number of carbonyl (C=O) groups excluding carboxylic acids is 2. The van der Waals surface area contributed by atoms with E-state index in [9.17, 15) is 9.59 Å². The van der Waals surface area contributed by atoms with E-state index in [1.54, 1.807) is 18.7 Å². The smallest absolute Gasteiger partial charge is 0.242 e. The number of hydrogen-bond donors (Lipinski definition) is 2. The van der Waals surface area contributed by atoms with Crippen molar-refractivity contribution < 1.29 is 9.59 Å². The van der Waals surface area contributed by atoms with Crippen LogP contribution in [0, 0.1) is 6.92 Å². The van der Waals surface area contributed by atoms with Crippen LogP contribution < -0.4 is 10.6 Å². The predicted molar refractivity (Wildman–Crippen MR) is 83.6 cm³/mol. The molecular formula is C15H22N2O2S. The Bertz CT molecular complexity index is 446. The van der Waals surface area contributed by atoms with Crippen LogP contribution in [0.4, 0.5) is 0 Å². The van der Waals surface area contributed by atoms with Crippen molar-refractivity contribution in [2.75, 3.05) is 12.3 Å². The average Bonchev–Trinajstić information content (AvgIpc) is 2.41. The van der Waals surface area contributed by atoms with Crippen LogP contribution >= 0.6 is 11.8 Å². The number of rotatable bonds is 7. The Morgan fingerprint density at radius 3 is 2.50 bits per heavy atom. The standard InChI is InChI=1S/C15H22N2O2S/c1-4-16-15(19)12(3)17-14(18)10-20-9-13-7-5-11(2)6-8-13/h5-8,12H,4,9-10H2,1-3H3,(H,16,19)(H,17,18)/t12-/m1/s1. The van der Waals surface area contributed by atoms with Crippen molar-refractivity contribution in [2.24, 2.45) is 0 Å². The molecule has 0 aromatic heterocycles. The lowest BCUT2D eigenvalue weighted by molar-refractivity contribution is -0.127. The minimum atomic E-state index is -0.484. The number of aryl methyl sites for hydroxylation is 1. The van der Waals surface area contributed by atoms with Gasteiger partial charge in [0.1, 0.15) is 6.04 Å². The van der Waals surface area contributed by atoms with Crippen LogP contribution in [0.1, 0.15) is 25.0 Å². The molecule has 0 unspecified atom stereocenters. The zero-order valence-electron chi connectivity index (χ0n) is 12.2. The highest BCUT2D eigenvalue weighted by molar-refractivity contribution is 7.99. The van der Waals surface area contributed by atoms with E-state index in [4.69, 9.17) is 0 Å². The Labute approximate surface area is 124 Å². The molecule has 1 atom stereocenters. The van der Waals surface area contributed by atoms with Gasteiger partial charge >= 0.3 is 0 Å². The largest absolute Gasteiger partial charge is 0.355 e. The molecule has 0 fully saturated rings. The number of thioether (sulfide) groups is 1. The maximum atomic E-state index is 11.7. The Hall–Kier alpha value is -1.49. The van der Waals surface area contributed by atoms with Gasteiger partial charge in [-0.3, -0.25) is 9.59 Å². The van der Waals surface area contributed by atoms with E-state index in [0.717, 1.165) is 5.75 Å². The molecule has 5 heteroatoms. The zero-order chi connectivity index (χ0) is 15.0. The third kappa shape index (κ3) is 6.10. The van der Waals surface area contributed by atoms with E-state index < -0.39 is 6.04 Å². The van der Waals surface area contributed by atoms with Gasteiger partial charge in [0.25, 0.3) is 0 Å². The molecular weight excluding hydrogens is 272 g/mol. The van der Waals surface area contributed by atoms with E-state index >= 15 is 0 Å². The molecule has 0 saturated carbocycles. The van der Waals surface area contributed by atoms with Crippen molar-refractivity contribution in [1.29, 1.82) is 0 Å². The number of benzene rings is 1. The van der Waals surface area contributed by atoms with Crippen molar-refractivity contribution in [3.8, 4) is 0 Å². The lowest BCUT2D eigenvalue weighted by atomic mass is 10.2. The van der Waals surface area contributed by atoms with Gasteiger partial charge in [0.2, 0.25) is 11.8 Å². The summed E-state index contributed by atoms with van der Waals surface area (Å²) in [6.07, 6.45) is 0. The van der Waals surface area contributed by atoms with Crippen LogP contribution in [0.3, 0.4) is 0 Å². The minimum absolute atomic E-state index is 0.110. The first kappa shape index (κ1) is 16.6. The molecule has 2 amide bonds. The molecule has 0 spiro atoms. The molecule has 1 aromatic carbocycles. The molecule has 1 aromatic rings. The number of likely N-dealkylation sites (N-methyl/N-ethyl adjacent to an activating group) is 1. The van der Waals surface area contributed by atoms with Gasteiger partial charge in [0, 0.05) is 12.3 Å². The van der Waals surface area contributed by atoms with Crippen LogP contribution in [0.2, 0.25) is 0 Å². The highest BCUT2D eigenvalue weighted by atomic mass is 32.2. The molecule has 1 rings (SSSR count). The molecule has 0 heterocycles. The van der Waals surface area contributed by atoms with Crippen LogP contribution in [-0.4, -0.2) is 30.2 Å². The first-order valence-electron chi connectivity index (χ1n) is 6.73. The Kier molecular flexibility index (Phi) is 7.15. The van der Waals surface area contributed by atoms with Crippen molar-refractivity contribution in [2.45, 2.75) is 32.6 Å². The monoisotopic (exact) mass is 294 g/mol. The van der Waals surface area contributed by atoms with E-state index in [0.29, 0.717) is 12.3 Å². The zero-order valence-corrected chi connectivity index (χ0v) is 13.0. The number of amides is 2. The first-order chi connectivity index (χ1) is 9.52. The molecule has 0 bridgehead atoms. The first-order valence-corrected chi connectivity index (χ1v) is 7.88. The SMILES string of the molecule is CCNC(=O)[C@@H](C)NC(=O)CSCc1ccc(C)cc1. The van der Waals surface area contributed by atoms with Crippen LogP contribution in [0.5, 0.6) is 0 Å². The van der Waals surface area contributed by atoms with E-state index in [1.165, 1.54) is 11.1 Å². The highest BCUT2D eigenvalue weighted by Crippen LogP contribution is 2.12. The summed E-state index contributed by atoms with van der Waals surface area (Å²) in [6.45, 7) is 6.16. The molecule has 0 aliphatic carbocycles. The summed E-state index contributed by atoms with van der Waals surface area (Å²) in [7, 11) is 0. The van der Waals surface area contributed by atoms with Gasteiger partial charge in [-0.1, -0.05) is 29.8 Å². The van der Waals surface area contributed by atoms with Crippen molar-refractivity contribution in [3.63, 3.8) is 0 Å². The highest BCUT2D eigenvalue weighted by Gasteiger charge is 2.14. The van der Waals surface area contributed by atoms with E-state index in [1.807, 2.05) is 13.8 Å². The quantitative estimate of drug-likeness (QED) is 0.807. The fourth-order valence-electron chi connectivity index (χ4n) is 1.62. The molecule has 0 saturated heterocycles. The molecule has 0 radical (unpaired) electrons. The summed E-state index contributed by atoms with van der Waals surface area (Å²) in [5.74, 6) is 0.895. The van der Waals surface area contributed by atoms with Crippen molar-refractivity contribution in [3.05, 3.63) is 35.4 Å². The van der Waals surface area contributed by atoms with Crippen LogP contribution in [-0.2, 0) is 15.3 Å². The predicted octanol–water partition coefficient (Wildman–Crippen LogP) is 1.87. The summed E-state index contributed by atoms with van der Waals surface area (Å²) in [5, 5.41) is 5.37. The summed E-state index contributed by atoms with van der Waals surface area (Å²) < 4.78 is 0. The van der Waals surface area contributed by atoms with Gasteiger partial charge in [-0.2, -0.15) is 0 Å². The third-order valence-electron chi connectivity index (χ3n) is 2.74. The molecule has 0 aliphatic heterocycles. The van der Waals surface area contributed by atoms with Gasteiger partial charge in [0.05, 0.1) is 5.75 Å². The average molecular weight is 294 g/mol. The van der Waals surface area contributed by atoms with Crippen LogP contribution in [0.25, 0.3) is 0 Å². The summed E-state index contributed by atoms with van der Waals surface area (Å²) in [6, 6.07) is 7.78. The Balaban J connectivity index is 2.26.